The predicted molar refractivity (Wildman–Crippen MR) is 83.3 cm³/mol. The summed E-state index contributed by atoms with van der Waals surface area (Å²) in [5, 5.41) is 9.16. The van der Waals surface area contributed by atoms with E-state index in [2.05, 4.69) is 16.0 Å². The second-order valence-corrected chi connectivity index (χ2v) is 6.28. The van der Waals surface area contributed by atoms with Crippen LogP contribution >= 0.6 is 24.2 Å². The summed E-state index contributed by atoms with van der Waals surface area (Å²) in [6.07, 6.45) is 3.53. The average Bonchev–Trinajstić information content (AvgIpc) is 2.92. The Kier molecular flexibility index (Phi) is 7.47. The van der Waals surface area contributed by atoms with Crippen molar-refractivity contribution in [2.45, 2.75) is 43.0 Å². The lowest BCUT2D eigenvalue weighted by Gasteiger charge is -2.16. The predicted octanol–water partition coefficient (Wildman–Crippen LogP) is 0.209. The van der Waals surface area contributed by atoms with E-state index in [1.54, 1.807) is 0 Å². The maximum Gasteiger partial charge on any atom is 0.315 e. The summed E-state index contributed by atoms with van der Waals surface area (Å²) in [4.78, 5) is 22.6. The summed E-state index contributed by atoms with van der Waals surface area (Å²) in [5.74, 6) is 1.07. The normalized spacial score (nSPS) is 27.2. The average molecular weight is 323 g/mol. The summed E-state index contributed by atoms with van der Waals surface area (Å²) in [6, 6.07) is 0.514. The Hall–Kier alpha value is -0.660. The second-order valence-electron chi connectivity index (χ2n) is 5.01. The van der Waals surface area contributed by atoms with Crippen LogP contribution in [0.15, 0.2) is 0 Å². The SMILES string of the molecule is Cl.NCCNC(=O)CCCCC1SCC2NC(=O)NC21. The van der Waals surface area contributed by atoms with Gasteiger partial charge in [-0.25, -0.2) is 4.79 Å². The number of hydrogen-bond donors (Lipinski definition) is 4. The molecule has 0 aromatic heterocycles. The van der Waals surface area contributed by atoms with Crippen LogP contribution in [-0.4, -0.2) is 48.1 Å². The quantitative estimate of drug-likeness (QED) is 0.398. The molecule has 0 aliphatic carbocycles. The number of amides is 3. The van der Waals surface area contributed by atoms with Gasteiger partial charge in [-0.1, -0.05) is 6.42 Å². The highest BCUT2D eigenvalue weighted by molar-refractivity contribution is 8.00. The zero-order chi connectivity index (χ0) is 13.7. The highest BCUT2D eigenvalue weighted by Gasteiger charge is 2.42. The van der Waals surface area contributed by atoms with Gasteiger partial charge in [0.25, 0.3) is 0 Å². The molecule has 0 bridgehead atoms. The van der Waals surface area contributed by atoms with E-state index in [9.17, 15) is 9.59 Å². The van der Waals surface area contributed by atoms with Crippen LogP contribution in [0.4, 0.5) is 4.79 Å². The molecule has 20 heavy (non-hydrogen) atoms. The number of nitrogens with two attached hydrogens (primary N) is 1. The molecule has 8 heteroatoms. The second kappa shape index (κ2) is 8.59. The van der Waals surface area contributed by atoms with Crippen molar-refractivity contribution in [3.05, 3.63) is 0 Å². The Balaban J connectivity index is 0.00000200. The van der Waals surface area contributed by atoms with E-state index >= 15 is 0 Å². The first-order valence-corrected chi connectivity index (χ1v) is 7.91. The first kappa shape index (κ1) is 17.4. The molecule has 2 saturated heterocycles. The number of nitrogens with one attached hydrogen (secondary N) is 3. The molecule has 3 atom stereocenters. The van der Waals surface area contributed by atoms with Crippen LogP contribution in [0, 0.1) is 0 Å². The molecule has 3 unspecified atom stereocenters. The molecule has 0 spiro atoms. The van der Waals surface area contributed by atoms with Gasteiger partial charge < -0.3 is 21.7 Å². The summed E-state index contributed by atoms with van der Waals surface area (Å²) in [6.45, 7) is 1.04. The van der Waals surface area contributed by atoms with Crippen LogP contribution in [0.25, 0.3) is 0 Å². The van der Waals surface area contributed by atoms with E-state index in [-0.39, 0.29) is 36.4 Å². The van der Waals surface area contributed by atoms with Gasteiger partial charge in [0.05, 0.1) is 12.1 Å². The van der Waals surface area contributed by atoms with Crippen molar-refractivity contribution < 1.29 is 9.59 Å². The standard InChI is InChI=1S/C12H22N4O2S.ClH/c13-5-6-14-10(17)4-2-1-3-9-11-8(7-19-9)15-12(18)16-11;/h8-9,11H,1-7,13H2,(H,14,17)(H2,15,16,18);1H. The molecule has 2 aliphatic rings. The number of hydrogen-bond acceptors (Lipinski definition) is 4. The molecule has 2 aliphatic heterocycles. The third-order valence-electron chi connectivity index (χ3n) is 3.55. The number of carbonyl (C=O) groups excluding carboxylic acids is 2. The van der Waals surface area contributed by atoms with Crippen LogP contribution in [0.5, 0.6) is 0 Å². The zero-order valence-electron chi connectivity index (χ0n) is 11.4. The van der Waals surface area contributed by atoms with E-state index in [1.165, 1.54) is 0 Å². The van der Waals surface area contributed by atoms with Crippen LogP contribution in [-0.2, 0) is 4.79 Å². The third kappa shape index (κ3) is 4.71. The Labute approximate surface area is 129 Å². The Bertz CT molecular complexity index is 345. The van der Waals surface area contributed by atoms with Gasteiger partial charge in [0.15, 0.2) is 0 Å². The van der Waals surface area contributed by atoms with Gasteiger partial charge in [-0.05, 0) is 12.8 Å². The minimum Gasteiger partial charge on any atom is -0.355 e. The lowest BCUT2D eigenvalue weighted by atomic mass is 10.0. The maximum atomic E-state index is 11.4. The van der Waals surface area contributed by atoms with Crippen molar-refractivity contribution in [2.75, 3.05) is 18.8 Å². The number of thioether (sulfide) groups is 1. The summed E-state index contributed by atoms with van der Waals surface area (Å²) < 4.78 is 0. The molecule has 3 amide bonds. The number of carbonyl (C=O) groups is 2. The molecule has 2 rings (SSSR count). The fourth-order valence-electron chi connectivity index (χ4n) is 2.57. The molecule has 6 nitrogen and oxygen atoms in total. The lowest BCUT2D eigenvalue weighted by Crippen LogP contribution is -2.36. The van der Waals surface area contributed by atoms with Gasteiger partial charge in [-0.3, -0.25) is 4.79 Å². The molecular formula is C12H23ClN4O2S. The number of rotatable bonds is 7. The number of unbranched alkanes of at least 4 members (excludes halogenated alkanes) is 1. The number of halogens is 1. The van der Waals surface area contributed by atoms with Crippen LogP contribution < -0.4 is 21.7 Å². The summed E-state index contributed by atoms with van der Waals surface area (Å²) >= 11 is 1.91. The highest BCUT2D eigenvalue weighted by atomic mass is 35.5. The van der Waals surface area contributed by atoms with E-state index in [0.717, 1.165) is 25.0 Å². The van der Waals surface area contributed by atoms with Crippen molar-refractivity contribution in [3.63, 3.8) is 0 Å². The fourth-order valence-corrected chi connectivity index (χ4v) is 4.12. The molecular weight excluding hydrogens is 300 g/mol. The van der Waals surface area contributed by atoms with E-state index in [0.29, 0.717) is 24.8 Å². The van der Waals surface area contributed by atoms with Gasteiger partial charge >= 0.3 is 6.03 Å². The largest absolute Gasteiger partial charge is 0.355 e. The molecule has 2 heterocycles. The topological polar surface area (TPSA) is 96.2 Å². The molecule has 116 valence electrons. The lowest BCUT2D eigenvalue weighted by molar-refractivity contribution is -0.121. The van der Waals surface area contributed by atoms with E-state index in [4.69, 9.17) is 5.73 Å². The molecule has 0 aromatic carbocycles. The molecule has 5 N–H and O–H groups in total. The Morgan fingerprint density at radius 2 is 2.20 bits per heavy atom. The summed E-state index contributed by atoms with van der Waals surface area (Å²) in [7, 11) is 0. The van der Waals surface area contributed by atoms with E-state index < -0.39 is 0 Å². The smallest absolute Gasteiger partial charge is 0.315 e. The third-order valence-corrected chi connectivity index (χ3v) is 5.06. The van der Waals surface area contributed by atoms with Crippen molar-refractivity contribution in [1.29, 1.82) is 0 Å². The Morgan fingerprint density at radius 3 is 2.95 bits per heavy atom. The monoisotopic (exact) mass is 322 g/mol. The molecule has 2 fully saturated rings. The van der Waals surface area contributed by atoms with Gasteiger partial charge in [-0.15, -0.1) is 12.4 Å². The Morgan fingerprint density at radius 1 is 1.40 bits per heavy atom. The zero-order valence-corrected chi connectivity index (χ0v) is 13.0. The van der Waals surface area contributed by atoms with Gasteiger partial charge in [0.2, 0.25) is 5.91 Å². The molecule has 0 saturated carbocycles. The van der Waals surface area contributed by atoms with Crippen molar-refractivity contribution in [2.24, 2.45) is 5.73 Å². The van der Waals surface area contributed by atoms with Gasteiger partial charge in [-0.2, -0.15) is 11.8 Å². The number of fused-ring (bicyclic) bond motifs is 1. The minimum atomic E-state index is -0.0403. The van der Waals surface area contributed by atoms with Crippen molar-refractivity contribution >= 4 is 36.1 Å². The highest BCUT2D eigenvalue weighted by Crippen LogP contribution is 2.33. The van der Waals surface area contributed by atoms with Gasteiger partial charge in [0, 0.05) is 30.5 Å². The summed E-state index contributed by atoms with van der Waals surface area (Å²) in [5.41, 5.74) is 5.32. The van der Waals surface area contributed by atoms with Crippen LogP contribution in [0.1, 0.15) is 25.7 Å². The van der Waals surface area contributed by atoms with Crippen molar-refractivity contribution in [1.82, 2.24) is 16.0 Å². The molecule has 0 radical (unpaired) electrons. The van der Waals surface area contributed by atoms with Crippen LogP contribution in [0.3, 0.4) is 0 Å². The van der Waals surface area contributed by atoms with Crippen molar-refractivity contribution in [3.8, 4) is 0 Å². The first-order valence-electron chi connectivity index (χ1n) is 6.86. The van der Waals surface area contributed by atoms with Gasteiger partial charge in [0.1, 0.15) is 0 Å². The first-order chi connectivity index (χ1) is 9.20. The number of urea groups is 1. The maximum absolute atomic E-state index is 11.4. The van der Waals surface area contributed by atoms with E-state index in [1.807, 2.05) is 11.8 Å². The van der Waals surface area contributed by atoms with Crippen LogP contribution in [0.2, 0.25) is 0 Å². The minimum absolute atomic E-state index is 0. The fraction of sp³-hybridized carbons (Fsp3) is 0.833. The molecule has 0 aromatic rings.